The molecule has 1 aliphatic carbocycles. The van der Waals surface area contributed by atoms with Gasteiger partial charge in [-0.25, -0.2) is 0 Å². The van der Waals surface area contributed by atoms with Gasteiger partial charge in [-0.05, 0) is 31.6 Å². The molecular formula is C10H19N. The first-order valence-corrected chi connectivity index (χ1v) is 4.50. The maximum Gasteiger partial charge on any atom is 0.0338 e. The molecule has 1 aliphatic rings. The van der Waals surface area contributed by atoms with Gasteiger partial charge in [0.2, 0.25) is 0 Å². The highest BCUT2D eigenvalue weighted by molar-refractivity contribution is 5.07. The zero-order chi connectivity index (χ0) is 8.48. The number of hydrogen-bond donors (Lipinski definition) is 1. The SMILES string of the molecule is CC1[C@@H](C)CCC=C[C@@]1(C)N. The lowest BCUT2D eigenvalue weighted by Gasteiger charge is -2.31. The van der Waals surface area contributed by atoms with Crippen LogP contribution in [0.1, 0.15) is 33.6 Å². The highest BCUT2D eigenvalue weighted by Gasteiger charge is 2.29. The van der Waals surface area contributed by atoms with E-state index in [1.54, 1.807) is 0 Å². The molecule has 0 radical (unpaired) electrons. The van der Waals surface area contributed by atoms with Crippen LogP contribution in [0.2, 0.25) is 0 Å². The van der Waals surface area contributed by atoms with Crippen LogP contribution >= 0.6 is 0 Å². The minimum atomic E-state index is -0.0874. The van der Waals surface area contributed by atoms with Crippen LogP contribution in [0.4, 0.5) is 0 Å². The Morgan fingerprint density at radius 3 is 2.73 bits per heavy atom. The van der Waals surface area contributed by atoms with Crippen LogP contribution in [0.25, 0.3) is 0 Å². The first-order chi connectivity index (χ1) is 5.04. The number of nitrogens with two attached hydrogens (primary N) is 1. The van der Waals surface area contributed by atoms with E-state index >= 15 is 0 Å². The second-order valence-corrected chi connectivity index (χ2v) is 4.11. The summed E-state index contributed by atoms with van der Waals surface area (Å²) in [5.41, 5.74) is 6.04. The van der Waals surface area contributed by atoms with E-state index in [1.807, 2.05) is 0 Å². The van der Waals surface area contributed by atoms with Crippen molar-refractivity contribution < 1.29 is 0 Å². The smallest absolute Gasteiger partial charge is 0.0338 e. The van der Waals surface area contributed by atoms with Crippen molar-refractivity contribution in [1.82, 2.24) is 0 Å². The summed E-state index contributed by atoms with van der Waals surface area (Å²) in [5.74, 6) is 1.35. The van der Waals surface area contributed by atoms with Crippen molar-refractivity contribution in [2.24, 2.45) is 17.6 Å². The second kappa shape index (κ2) is 2.98. The number of allylic oxidation sites excluding steroid dienone is 1. The maximum absolute atomic E-state index is 6.12. The van der Waals surface area contributed by atoms with Crippen LogP contribution < -0.4 is 5.73 Å². The average Bonchev–Trinajstić information content (AvgIpc) is 2.03. The summed E-state index contributed by atoms with van der Waals surface area (Å²) in [6, 6.07) is 0. The molecule has 0 aromatic heterocycles. The van der Waals surface area contributed by atoms with Crippen molar-refractivity contribution in [2.75, 3.05) is 0 Å². The van der Waals surface area contributed by atoms with Crippen LogP contribution in [0.15, 0.2) is 12.2 Å². The van der Waals surface area contributed by atoms with Crippen LogP contribution in [0.5, 0.6) is 0 Å². The zero-order valence-electron chi connectivity index (χ0n) is 7.80. The Kier molecular flexibility index (Phi) is 2.38. The minimum absolute atomic E-state index is 0.0874. The van der Waals surface area contributed by atoms with Gasteiger partial charge in [0, 0.05) is 5.54 Å². The van der Waals surface area contributed by atoms with E-state index in [0.717, 1.165) is 5.92 Å². The maximum atomic E-state index is 6.12. The first kappa shape index (κ1) is 8.79. The van der Waals surface area contributed by atoms with E-state index in [1.165, 1.54) is 12.8 Å². The molecule has 0 amide bonds. The highest BCUT2D eigenvalue weighted by atomic mass is 14.7. The average molecular weight is 153 g/mol. The van der Waals surface area contributed by atoms with E-state index in [9.17, 15) is 0 Å². The van der Waals surface area contributed by atoms with Gasteiger partial charge >= 0.3 is 0 Å². The molecule has 3 atom stereocenters. The van der Waals surface area contributed by atoms with Gasteiger partial charge in [0.25, 0.3) is 0 Å². The fraction of sp³-hybridized carbons (Fsp3) is 0.800. The predicted octanol–water partition coefficient (Wildman–Crippen LogP) is 2.33. The summed E-state index contributed by atoms with van der Waals surface area (Å²) in [6.07, 6.45) is 6.86. The van der Waals surface area contributed by atoms with Gasteiger partial charge in [0.1, 0.15) is 0 Å². The van der Waals surface area contributed by atoms with Crippen molar-refractivity contribution in [3.05, 3.63) is 12.2 Å². The Balaban J connectivity index is 2.76. The molecule has 0 aromatic carbocycles. The van der Waals surface area contributed by atoms with Gasteiger partial charge in [-0.2, -0.15) is 0 Å². The molecule has 0 aromatic rings. The summed E-state index contributed by atoms with van der Waals surface area (Å²) < 4.78 is 0. The molecule has 1 heteroatoms. The van der Waals surface area contributed by atoms with Gasteiger partial charge in [0.05, 0.1) is 0 Å². The van der Waals surface area contributed by atoms with E-state index in [0.29, 0.717) is 5.92 Å². The lowest BCUT2D eigenvalue weighted by Crippen LogP contribution is -2.42. The molecular weight excluding hydrogens is 134 g/mol. The summed E-state index contributed by atoms with van der Waals surface area (Å²) in [7, 11) is 0. The first-order valence-electron chi connectivity index (χ1n) is 4.50. The van der Waals surface area contributed by atoms with Crippen LogP contribution in [0.3, 0.4) is 0 Å². The van der Waals surface area contributed by atoms with E-state index in [2.05, 4.69) is 32.9 Å². The van der Waals surface area contributed by atoms with Crippen LogP contribution in [-0.4, -0.2) is 5.54 Å². The number of hydrogen-bond acceptors (Lipinski definition) is 1. The molecule has 1 nitrogen and oxygen atoms in total. The molecule has 0 saturated carbocycles. The normalized spacial score (nSPS) is 45.5. The van der Waals surface area contributed by atoms with Gasteiger partial charge in [-0.3, -0.25) is 0 Å². The Labute approximate surface area is 69.7 Å². The molecule has 2 N–H and O–H groups in total. The summed E-state index contributed by atoms with van der Waals surface area (Å²) in [5, 5.41) is 0. The zero-order valence-corrected chi connectivity index (χ0v) is 7.80. The lowest BCUT2D eigenvalue weighted by atomic mass is 9.80. The standard InChI is InChI=1S/C10H19N/c1-8-6-4-5-7-10(3,11)9(8)2/h5,7-9H,4,6,11H2,1-3H3/t8-,9?,10+/m0/s1. The molecule has 0 fully saturated rings. The van der Waals surface area contributed by atoms with E-state index in [-0.39, 0.29) is 5.54 Å². The molecule has 11 heavy (non-hydrogen) atoms. The van der Waals surface area contributed by atoms with Gasteiger partial charge in [-0.1, -0.05) is 26.0 Å². The minimum Gasteiger partial charge on any atom is -0.322 e. The fourth-order valence-corrected chi connectivity index (χ4v) is 1.71. The lowest BCUT2D eigenvalue weighted by molar-refractivity contribution is 0.276. The third kappa shape index (κ3) is 1.84. The quantitative estimate of drug-likeness (QED) is 0.531. The topological polar surface area (TPSA) is 26.0 Å². The largest absolute Gasteiger partial charge is 0.322 e. The Bertz CT molecular complexity index is 158. The van der Waals surface area contributed by atoms with Crippen molar-refractivity contribution in [1.29, 1.82) is 0 Å². The van der Waals surface area contributed by atoms with Crippen molar-refractivity contribution >= 4 is 0 Å². The molecule has 0 spiro atoms. The fourth-order valence-electron chi connectivity index (χ4n) is 1.71. The molecule has 0 aliphatic heterocycles. The number of rotatable bonds is 0. The van der Waals surface area contributed by atoms with Crippen LogP contribution in [0, 0.1) is 11.8 Å². The predicted molar refractivity (Wildman–Crippen MR) is 49.3 cm³/mol. The van der Waals surface area contributed by atoms with Crippen molar-refractivity contribution in [3.8, 4) is 0 Å². The summed E-state index contributed by atoms with van der Waals surface area (Å²) in [6.45, 7) is 6.67. The monoisotopic (exact) mass is 153 g/mol. The van der Waals surface area contributed by atoms with Gasteiger partial charge < -0.3 is 5.73 Å². The molecule has 0 bridgehead atoms. The highest BCUT2D eigenvalue weighted by Crippen LogP contribution is 2.29. The van der Waals surface area contributed by atoms with Gasteiger partial charge in [0.15, 0.2) is 0 Å². The Hall–Kier alpha value is -0.300. The molecule has 0 heterocycles. The Morgan fingerprint density at radius 2 is 2.09 bits per heavy atom. The van der Waals surface area contributed by atoms with E-state index < -0.39 is 0 Å². The van der Waals surface area contributed by atoms with E-state index in [4.69, 9.17) is 5.73 Å². The summed E-state index contributed by atoms with van der Waals surface area (Å²) in [4.78, 5) is 0. The van der Waals surface area contributed by atoms with Gasteiger partial charge in [-0.15, -0.1) is 0 Å². The third-order valence-electron chi connectivity index (χ3n) is 3.10. The third-order valence-corrected chi connectivity index (χ3v) is 3.10. The summed E-state index contributed by atoms with van der Waals surface area (Å²) >= 11 is 0. The molecule has 0 saturated heterocycles. The second-order valence-electron chi connectivity index (χ2n) is 4.11. The Morgan fingerprint density at radius 1 is 1.45 bits per heavy atom. The molecule has 1 rings (SSSR count). The van der Waals surface area contributed by atoms with Crippen molar-refractivity contribution in [2.45, 2.75) is 39.2 Å². The van der Waals surface area contributed by atoms with Crippen LogP contribution in [-0.2, 0) is 0 Å². The van der Waals surface area contributed by atoms with Crippen molar-refractivity contribution in [3.63, 3.8) is 0 Å². The molecule has 64 valence electrons. The molecule has 1 unspecified atom stereocenters.